The number of amides is 1. The van der Waals surface area contributed by atoms with Crippen molar-refractivity contribution in [1.29, 1.82) is 0 Å². The third kappa shape index (κ3) is 4.13. The van der Waals surface area contributed by atoms with Crippen LogP contribution in [0, 0.1) is 0 Å². The van der Waals surface area contributed by atoms with Crippen LogP contribution in [0.25, 0.3) is 0 Å². The standard InChI is InChI=1S/C17H21N3O2S/c1-2-23-14-10-8-12(9-11-14)15(21)18-17-20-19-16(22-17)13-6-4-3-5-7-13/h8-11,13H,2-7H2,1H3,(H,18,20,21). The van der Waals surface area contributed by atoms with Crippen molar-refractivity contribution in [2.45, 2.75) is 49.8 Å². The fourth-order valence-electron chi connectivity index (χ4n) is 2.84. The summed E-state index contributed by atoms with van der Waals surface area (Å²) in [7, 11) is 0. The molecule has 0 saturated heterocycles. The molecule has 1 aromatic heterocycles. The molecular formula is C17H21N3O2S. The first-order valence-electron chi connectivity index (χ1n) is 8.14. The highest BCUT2D eigenvalue weighted by molar-refractivity contribution is 7.99. The molecule has 0 unspecified atom stereocenters. The van der Waals surface area contributed by atoms with Crippen LogP contribution in [0.4, 0.5) is 6.01 Å². The largest absolute Gasteiger partial charge is 0.408 e. The van der Waals surface area contributed by atoms with Gasteiger partial charge in [0.1, 0.15) is 0 Å². The van der Waals surface area contributed by atoms with Gasteiger partial charge in [-0.15, -0.1) is 16.9 Å². The van der Waals surface area contributed by atoms with Crippen molar-refractivity contribution < 1.29 is 9.21 Å². The molecule has 3 rings (SSSR count). The van der Waals surface area contributed by atoms with Gasteiger partial charge in [-0.25, -0.2) is 0 Å². The zero-order valence-electron chi connectivity index (χ0n) is 13.2. The maximum atomic E-state index is 12.2. The molecule has 0 spiro atoms. The minimum atomic E-state index is -0.225. The van der Waals surface area contributed by atoms with Crippen molar-refractivity contribution in [3.8, 4) is 0 Å². The smallest absolute Gasteiger partial charge is 0.322 e. The van der Waals surface area contributed by atoms with E-state index in [-0.39, 0.29) is 11.9 Å². The molecule has 0 radical (unpaired) electrons. The number of carbonyl (C=O) groups is 1. The Hall–Kier alpha value is -1.82. The summed E-state index contributed by atoms with van der Waals surface area (Å²) in [4.78, 5) is 13.4. The Labute approximate surface area is 140 Å². The number of nitrogens with one attached hydrogen (secondary N) is 1. The maximum Gasteiger partial charge on any atom is 0.322 e. The Morgan fingerprint density at radius 2 is 1.96 bits per heavy atom. The van der Waals surface area contributed by atoms with E-state index in [1.54, 1.807) is 11.8 Å². The SMILES string of the molecule is CCSc1ccc(C(=O)Nc2nnc(C3CCCCC3)o2)cc1. The van der Waals surface area contributed by atoms with Crippen molar-refractivity contribution in [3.05, 3.63) is 35.7 Å². The van der Waals surface area contributed by atoms with Crippen molar-refractivity contribution in [1.82, 2.24) is 10.2 Å². The number of thioether (sulfide) groups is 1. The van der Waals surface area contributed by atoms with Crippen LogP contribution in [-0.2, 0) is 0 Å². The fraction of sp³-hybridized carbons (Fsp3) is 0.471. The Kier molecular flexibility index (Phi) is 5.33. The zero-order chi connectivity index (χ0) is 16.1. The number of benzene rings is 1. The number of carbonyl (C=O) groups excluding carboxylic acids is 1. The van der Waals surface area contributed by atoms with Gasteiger partial charge in [-0.3, -0.25) is 10.1 Å². The number of aromatic nitrogens is 2. The molecule has 1 amide bonds. The first kappa shape index (κ1) is 16.1. The van der Waals surface area contributed by atoms with E-state index >= 15 is 0 Å². The maximum absolute atomic E-state index is 12.2. The lowest BCUT2D eigenvalue weighted by Crippen LogP contribution is -2.12. The molecule has 0 atom stereocenters. The highest BCUT2D eigenvalue weighted by atomic mass is 32.2. The number of anilines is 1. The summed E-state index contributed by atoms with van der Waals surface area (Å²) in [6.07, 6.45) is 5.87. The predicted molar refractivity (Wildman–Crippen MR) is 90.9 cm³/mol. The van der Waals surface area contributed by atoms with Crippen molar-refractivity contribution >= 4 is 23.7 Å². The Bertz CT molecular complexity index is 648. The molecule has 1 aliphatic carbocycles. The molecule has 122 valence electrons. The van der Waals surface area contributed by atoms with Crippen LogP contribution >= 0.6 is 11.8 Å². The number of rotatable bonds is 5. The van der Waals surface area contributed by atoms with Crippen molar-refractivity contribution in [2.75, 3.05) is 11.1 Å². The highest BCUT2D eigenvalue weighted by Gasteiger charge is 2.21. The van der Waals surface area contributed by atoms with Gasteiger partial charge in [0.15, 0.2) is 0 Å². The van der Waals surface area contributed by atoms with Crippen LogP contribution in [0.5, 0.6) is 0 Å². The third-order valence-corrected chi connectivity index (χ3v) is 4.94. The molecule has 23 heavy (non-hydrogen) atoms. The van der Waals surface area contributed by atoms with E-state index in [1.165, 1.54) is 19.3 Å². The van der Waals surface area contributed by atoms with E-state index in [0.29, 0.717) is 17.4 Å². The molecule has 5 nitrogen and oxygen atoms in total. The summed E-state index contributed by atoms with van der Waals surface area (Å²) < 4.78 is 5.62. The lowest BCUT2D eigenvalue weighted by Gasteiger charge is -2.17. The molecule has 1 N–H and O–H groups in total. The molecule has 1 aliphatic rings. The van der Waals surface area contributed by atoms with Gasteiger partial charge in [0, 0.05) is 16.4 Å². The van der Waals surface area contributed by atoms with Crippen molar-refractivity contribution in [3.63, 3.8) is 0 Å². The van der Waals surface area contributed by atoms with E-state index in [9.17, 15) is 4.79 Å². The van der Waals surface area contributed by atoms with Gasteiger partial charge >= 0.3 is 6.01 Å². The Morgan fingerprint density at radius 1 is 1.22 bits per heavy atom. The number of hydrogen-bond donors (Lipinski definition) is 1. The van der Waals surface area contributed by atoms with Crippen LogP contribution in [0.2, 0.25) is 0 Å². The molecule has 0 aliphatic heterocycles. The first-order chi connectivity index (χ1) is 11.3. The summed E-state index contributed by atoms with van der Waals surface area (Å²) in [5, 5.41) is 10.7. The second-order valence-corrected chi connectivity index (χ2v) is 7.03. The average Bonchev–Trinajstić information content (AvgIpc) is 3.05. The van der Waals surface area contributed by atoms with Gasteiger partial charge in [0.05, 0.1) is 0 Å². The monoisotopic (exact) mass is 331 g/mol. The lowest BCUT2D eigenvalue weighted by atomic mass is 9.89. The van der Waals surface area contributed by atoms with Gasteiger partial charge in [-0.05, 0) is 42.9 Å². The molecule has 6 heteroatoms. The second kappa shape index (κ2) is 7.64. The molecule has 1 fully saturated rings. The van der Waals surface area contributed by atoms with E-state index in [4.69, 9.17) is 4.42 Å². The number of hydrogen-bond acceptors (Lipinski definition) is 5. The molecule has 2 aromatic rings. The van der Waals surface area contributed by atoms with Crippen molar-refractivity contribution in [2.24, 2.45) is 0 Å². The Morgan fingerprint density at radius 3 is 2.65 bits per heavy atom. The van der Waals surface area contributed by atoms with E-state index in [0.717, 1.165) is 23.5 Å². The predicted octanol–water partition coefficient (Wildman–Crippen LogP) is 4.48. The summed E-state index contributed by atoms with van der Waals surface area (Å²) in [5.41, 5.74) is 0.586. The molecule has 1 saturated carbocycles. The topological polar surface area (TPSA) is 68.0 Å². The fourth-order valence-corrected chi connectivity index (χ4v) is 3.50. The molecule has 1 heterocycles. The van der Waals surface area contributed by atoms with Gasteiger partial charge in [0.2, 0.25) is 5.89 Å². The minimum absolute atomic E-state index is 0.183. The summed E-state index contributed by atoms with van der Waals surface area (Å²) in [6, 6.07) is 7.70. The van der Waals surface area contributed by atoms with E-state index in [2.05, 4.69) is 22.4 Å². The summed E-state index contributed by atoms with van der Waals surface area (Å²) in [5.74, 6) is 1.77. The molecule has 1 aromatic carbocycles. The van der Waals surface area contributed by atoms with Crippen LogP contribution in [0.1, 0.15) is 61.2 Å². The minimum Gasteiger partial charge on any atom is -0.408 e. The quantitative estimate of drug-likeness (QED) is 0.818. The van der Waals surface area contributed by atoms with Crippen LogP contribution in [0.3, 0.4) is 0 Å². The zero-order valence-corrected chi connectivity index (χ0v) is 14.1. The van der Waals surface area contributed by atoms with Crippen LogP contribution in [-0.4, -0.2) is 21.9 Å². The highest BCUT2D eigenvalue weighted by Crippen LogP contribution is 2.32. The van der Waals surface area contributed by atoms with Gasteiger partial charge in [-0.2, -0.15) is 0 Å². The second-order valence-electron chi connectivity index (χ2n) is 5.69. The summed E-state index contributed by atoms with van der Waals surface area (Å²) in [6.45, 7) is 2.10. The van der Waals surface area contributed by atoms with E-state index in [1.807, 2.05) is 24.3 Å². The van der Waals surface area contributed by atoms with Gasteiger partial charge in [-0.1, -0.05) is 31.3 Å². The summed E-state index contributed by atoms with van der Waals surface area (Å²) >= 11 is 1.75. The van der Waals surface area contributed by atoms with Gasteiger partial charge < -0.3 is 4.42 Å². The average molecular weight is 331 g/mol. The normalized spacial score (nSPS) is 15.5. The van der Waals surface area contributed by atoms with E-state index < -0.39 is 0 Å². The van der Waals surface area contributed by atoms with Crippen LogP contribution < -0.4 is 5.32 Å². The Balaban J connectivity index is 1.62. The molecular weight excluding hydrogens is 310 g/mol. The lowest BCUT2D eigenvalue weighted by molar-refractivity contribution is 0.102. The molecule has 0 bridgehead atoms. The van der Waals surface area contributed by atoms with Gasteiger partial charge in [0.25, 0.3) is 5.91 Å². The van der Waals surface area contributed by atoms with Crippen LogP contribution in [0.15, 0.2) is 33.6 Å². The third-order valence-electron chi connectivity index (χ3n) is 4.04. The number of nitrogens with zero attached hydrogens (tertiary/aromatic N) is 2. The first-order valence-corrected chi connectivity index (χ1v) is 9.12.